The number of halogens is 3. The maximum absolute atomic E-state index is 12.7. The van der Waals surface area contributed by atoms with Gasteiger partial charge in [-0.05, 0) is 58.0 Å². The highest BCUT2D eigenvalue weighted by atomic mass is 19.4. The molecule has 2 aromatic rings. The van der Waals surface area contributed by atoms with Crippen molar-refractivity contribution in [1.82, 2.24) is 20.1 Å². The number of alkyl halides is 3. The van der Waals surface area contributed by atoms with E-state index in [0.29, 0.717) is 23.5 Å². The summed E-state index contributed by atoms with van der Waals surface area (Å²) in [6, 6.07) is 3.88. The monoisotopic (exact) mass is 395 g/mol. The molecule has 1 fully saturated rings. The van der Waals surface area contributed by atoms with Crippen LogP contribution in [0, 0.1) is 6.92 Å². The minimum Gasteiger partial charge on any atom is -0.309 e. The van der Waals surface area contributed by atoms with Gasteiger partial charge in [-0.3, -0.25) is 9.89 Å². The molecular weight excluding hydrogens is 371 g/mol. The molecule has 1 aliphatic heterocycles. The number of H-pyrrole nitrogens is 1. The first kappa shape index (κ1) is 20.3. The molecule has 9 heteroatoms. The van der Waals surface area contributed by atoms with Gasteiger partial charge >= 0.3 is 6.18 Å². The van der Waals surface area contributed by atoms with Crippen LogP contribution in [0.25, 0.3) is 11.3 Å². The molecule has 0 atom stereocenters. The molecule has 0 saturated carbocycles. The van der Waals surface area contributed by atoms with Crippen molar-refractivity contribution < 1.29 is 18.0 Å². The second-order valence-electron chi connectivity index (χ2n) is 7.05. The number of piperidine rings is 1. The first-order valence-electron chi connectivity index (χ1n) is 9.46. The first-order valence-corrected chi connectivity index (χ1v) is 9.46. The normalized spacial score (nSPS) is 15.6. The Morgan fingerprint density at radius 2 is 2.00 bits per heavy atom. The van der Waals surface area contributed by atoms with Gasteiger partial charge in [0, 0.05) is 23.7 Å². The van der Waals surface area contributed by atoms with Crippen molar-refractivity contribution in [3.63, 3.8) is 0 Å². The minimum absolute atomic E-state index is 0.127. The Hall–Kier alpha value is -2.42. The van der Waals surface area contributed by atoms with E-state index in [1.54, 1.807) is 6.07 Å². The van der Waals surface area contributed by atoms with Crippen LogP contribution in [0.1, 0.15) is 43.5 Å². The molecule has 152 valence electrons. The van der Waals surface area contributed by atoms with E-state index in [4.69, 9.17) is 0 Å². The van der Waals surface area contributed by atoms with Crippen LogP contribution in [0.3, 0.4) is 0 Å². The molecule has 1 aliphatic rings. The van der Waals surface area contributed by atoms with Gasteiger partial charge in [-0.2, -0.15) is 18.3 Å². The van der Waals surface area contributed by atoms with Gasteiger partial charge in [-0.1, -0.05) is 6.42 Å². The molecule has 6 nitrogen and oxygen atoms in total. The zero-order valence-electron chi connectivity index (χ0n) is 15.8. The van der Waals surface area contributed by atoms with E-state index >= 15 is 0 Å². The van der Waals surface area contributed by atoms with Crippen molar-refractivity contribution in [2.45, 2.75) is 45.2 Å². The number of hydrogen-bond donors (Lipinski definition) is 2. The SMILES string of the molecule is Cc1nc(C(F)(F)F)ccc1-c1cc(NC(=O)CCCN2CCCCC2)n[nH]1. The van der Waals surface area contributed by atoms with Gasteiger partial charge in [0.2, 0.25) is 5.91 Å². The van der Waals surface area contributed by atoms with Crippen LogP contribution < -0.4 is 5.32 Å². The third-order valence-corrected chi connectivity index (χ3v) is 4.84. The zero-order chi connectivity index (χ0) is 20.1. The van der Waals surface area contributed by atoms with E-state index in [0.717, 1.165) is 32.1 Å². The molecule has 0 spiro atoms. The quantitative estimate of drug-likeness (QED) is 0.775. The summed E-state index contributed by atoms with van der Waals surface area (Å²) in [6.07, 6.45) is 0.433. The predicted octanol–water partition coefficient (Wildman–Crippen LogP) is 4.00. The van der Waals surface area contributed by atoms with Gasteiger partial charge in [0.25, 0.3) is 0 Å². The smallest absolute Gasteiger partial charge is 0.309 e. The Labute approximate surface area is 161 Å². The van der Waals surface area contributed by atoms with Gasteiger partial charge in [-0.15, -0.1) is 0 Å². The lowest BCUT2D eigenvalue weighted by atomic mass is 10.1. The number of amides is 1. The number of aromatic nitrogens is 3. The van der Waals surface area contributed by atoms with Gasteiger partial charge in [0.1, 0.15) is 5.69 Å². The number of aryl methyl sites for hydroxylation is 1. The Morgan fingerprint density at radius 1 is 1.25 bits per heavy atom. The lowest BCUT2D eigenvalue weighted by molar-refractivity contribution is -0.141. The third kappa shape index (κ3) is 5.31. The fraction of sp³-hybridized carbons (Fsp3) is 0.526. The molecule has 2 N–H and O–H groups in total. The van der Waals surface area contributed by atoms with E-state index < -0.39 is 11.9 Å². The Balaban J connectivity index is 1.54. The number of hydrogen-bond acceptors (Lipinski definition) is 4. The van der Waals surface area contributed by atoms with E-state index in [-0.39, 0.29) is 11.6 Å². The topological polar surface area (TPSA) is 73.9 Å². The van der Waals surface area contributed by atoms with Gasteiger partial charge in [0.15, 0.2) is 5.82 Å². The van der Waals surface area contributed by atoms with Gasteiger partial charge in [-0.25, -0.2) is 4.98 Å². The summed E-state index contributed by atoms with van der Waals surface area (Å²) in [4.78, 5) is 18.1. The maximum atomic E-state index is 12.7. The Kier molecular flexibility index (Phi) is 6.33. The van der Waals surface area contributed by atoms with Gasteiger partial charge < -0.3 is 10.2 Å². The number of aromatic amines is 1. The van der Waals surface area contributed by atoms with Crippen molar-refractivity contribution >= 4 is 11.7 Å². The van der Waals surface area contributed by atoms with E-state index in [9.17, 15) is 18.0 Å². The number of nitrogens with zero attached hydrogens (tertiary/aromatic N) is 3. The molecule has 28 heavy (non-hydrogen) atoms. The second-order valence-corrected chi connectivity index (χ2v) is 7.05. The van der Waals surface area contributed by atoms with Crippen molar-refractivity contribution in [1.29, 1.82) is 0 Å². The standard InChI is InChI=1S/C19H24F3N5O/c1-13-14(7-8-16(23-13)19(20,21)22)15-12-17(26-25-15)24-18(28)6-5-11-27-9-3-2-4-10-27/h7-8,12H,2-6,9-11H2,1H3,(H2,24,25,26,28). The van der Waals surface area contributed by atoms with E-state index in [2.05, 4.69) is 25.4 Å². The molecule has 1 saturated heterocycles. The molecule has 3 heterocycles. The summed E-state index contributed by atoms with van der Waals surface area (Å²) in [5, 5.41) is 9.49. The summed E-state index contributed by atoms with van der Waals surface area (Å²) in [5.74, 6) is 0.217. The predicted molar refractivity (Wildman–Crippen MR) is 99.7 cm³/mol. The van der Waals surface area contributed by atoms with Crippen LogP contribution in [0.5, 0.6) is 0 Å². The highest BCUT2D eigenvalue weighted by Crippen LogP contribution is 2.30. The summed E-state index contributed by atoms with van der Waals surface area (Å²) < 4.78 is 38.2. The van der Waals surface area contributed by atoms with E-state index in [1.165, 1.54) is 32.3 Å². The molecule has 1 amide bonds. The lowest BCUT2D eigenvalue weighted by Crippen LogP contribution is -2.31. The largest absolute Gasteiger partial charge is 0.433 e. The number of anilines is 1. The van der Waals surface area contributed by atoms with Crippen LogP contribution >= 0.6 is 0 Å². The molecule has 0 bridgehead atoms. The zero-order valence-corrected chi connectivity index (χ0v) is 15.8. The molecule has 2 aromatic heterocycles. The average molecular weight is 395 g/mol. The molecule has 3 rings (SSSR count). The van der Waals surface area contributed by atoms with Crippen LogP contribution in [-0.2, 0) is 11.0 Å². The number of pyridine rings is 1. The number of carbonyl (C=O) groups excluding carboxylic acids is 1. The summed E-state index contributed by atoms with van der Waals surface area (Å²) in [6.45, 7) is 4.62. The van der Waals surface area contributed by atoms with Crippen molar-refractivity contribution in [2.75, 3.05) is 25.0 Å². The number of carbonyl (C=O) groups is 1. The molecular formula is C19H24F3N5O. The number of likely N-dealkylation sites (tertiary alicyclic amines) is 1. The second kappa shape index (κ2) is 8.72. The van der Waals surface area contributed by atoms with Gasteiger partial charge in [0.05, 0.1) is 5.69 Å². The van der Waals surface area contributed by atoms with Crippen LogP contribution in [-0.4, -0.2) is 45.6 Å². The number of rotatable bonds is 6. The first-order chi connectivity index (χ1) is 13.3. The molecule has 0 unspecified atom stereocenters. The fourth-order valence-electron chi connectivity index (χ4n) is 3.38. The summed E-state index contributed by atoms with van der Waals surface area (Å²) in [5.41, 5.74) is 0.307. The highest BCUT2D eigenvalue weighted by Gasteiger charge is 2.32. The van der Waals surface area contributed by atoms with Crippen molar-refractivity contribution in [3.05, 3.63) is 29.6 Å². The lowest BCUT2D eigenvalue weighted by Gasteiger charge is -2.26. The van der Waals surface area contributed by atoms with Crippen LogP contribution in [0.15, 0.2) is 18.2 Å². The fourth-order valence-corrected chi connectivity index (χ4v) is 3.38. The summed E-state index contributed by atoms with van der Waals surface area (Å²) in [7, 11) is 0. The van der Waals surface area contributed by atoms with Crippen molar-refractivity contribution in [2.24, 2.45) is 0 Å². The maximum Gasteiger partial charge on any atom is 0.433 e. The van der Waals surface area contributed by atoms with Crippen molar-refractivity contribution in [3.8, 4) is 11.3 Å². The summed E-state index contributed by atoms with van der Waals surface area (Å²) >= 11 is 0. The average Bonchev–Trinajstić information content (AvgIpc) is 3.10. The highest BCUT2D eigenvalue weighted by molar-refractivity contribution is 5.90. The van der Waals surface area contributed by atoms with E-state index in [1.807, 2.05) is 0 Å². The molecule has 0 aromatic carbocycles. The van der Waals surface area contributed by atoms with Crippen LogP contribution in [0.2, 0.25) is 0 Å². The third-order valence-electron chi connectivity index (χ3n) is 4.84. The molecule has 0 radical (unpaired) electrons. The molecule has 0 aliphatic carbocycles. The Bertz CT molecular complexity index is 812. The number of nitrogens with one attached hydrogen (secondary N) is 2. The minimum atomic E-state index is -4.48. The van der Waals surface area contributed by atoms with Crippen LogP contribution in [0.4, 0.5) is 19.0 Å². The Morgan fingerprint density at radius 3 is 2.68 bits per heavy atom.